The van der Waals surface area contributed by atoms with Crippen LogP contribution in [0, 0.1) is 0 Å². The zero-order valence-corrected chi connectivity index (χ0v) is 24.0. The van der Waals surface area contributed by atoms with Crippen LogP contribution in [0.5, 0.6) is 5.75 Å². The number of amides is 2. The molecule has 0 heterocycles. The molecule has 0 aromatic heterocycles. The highest BCUT2D eigenvalue weighted by Crippen LogP contribution is 2.30. The van der Waals surface area contributed by atoms with Crippen molar-refractivity contribution in [1.29, 1.82) is 0 Å². The van der Waals surface area contributed by atoms with Crippen LogP contribution in [0.4, 0.5) is 5.69 Å². The van der Waals surface area contributed by atoms with E-state index >= 15 is 0 Å². The Hall–Kier alpha value is -2.49. The molecule has 2 amide bonds. The topological polar surface area (TPSA) is 96.0 Å². The standard InChI is InChI=1S/C26H35Cl2N3O5S/c1-5-15-29-26(33)22(6-2)30(18-19-13-14-20(27)21(28)17-19)25(32)12-9-16-31(37(4,34)35)23-10-7-8-11-24(23)36-3/h7-8,10-11,13-14,17,22H,5-6,9,12,15-16,18H2,1-4H3,(H,29,33)/t22-/m1/s1. The molecule has 0 aliphatic carbocycles. The van der Waals surface area contributed by atoms with Crippen molar-refractivity contribution < 1.29 is 22.7 Å². The van der Waals surface area contributed by atoms with Crippen molar-refractivity contribution in [3.05, 3.63) is 58.1 Å². The van der Waals surface area contributed by atoms with E-state index in [0.717, 1.165) is 18.2 Å². The van der Waals surface area contributed by atoms with Crippen LogP contribution in [-0.4, -0.2) is 57.6 Å². The number of anilines is 1. The fraction of sp³-hybridized carbons (Fsp3) is 0.462. The maximum absolute atomic E-state index is 13.5. The second kappa shape index (κ2) is 14.4. The number of nitrogens with one attached hydrogen (secondary N) is 1. The second-order valence-electron chi connectivity index (χ2n) is 8.60. The molecule has 0 saturated carbocycles. The average Bonchev–Trinajstić information content (AvgIpc) is 2.86. The van der Waals surface area contributed by atoms with Gasteiger partial charge in [0.15, 0.2) is 0 Å². The summed E-state index contributed by atoms with van der Waals surface area (Å²) in [5.41, 5.74) is 1.13. The van der Waals surface area contributed by atoms with Crippen LogP contribution in [-0.2, 0) is 26.2 Å². The Morgan fingerprint density at radius 3 is 2.38 bits per heavy atom. The Morgan fingerprint density at radius 2 is 1.78 bits per heavy atom. The number of ether oxygens (including phenoxy) is 1. The molecule has 0 aliphatic rings. The lowest BCUT2D eigenvalue weighted by Crippen LogP contribution is -2.49. The zero-order valence-electron chi connectivity index (χ0n) is 21.7. The van der Waals surface area contributed by atoms with E-state index in [0.29, 0.717) is 34.4 Å². The lowest BCUT2D eigenvalue weighted by molar-refractivity contribution is -0.141. The van der Waals surface area contributed by atoms with E-state index in [1.54, 1.807) is 42.5 Å². The third-order valence-electron chi connectivity index (χ3n) is 5.78. The minimum absolute atomic E-state index is 0.0417. The summed E-state index contributed by atoms with van der Waals surface area (Å²) in [5, 5.41) is 3.63. The second-order valence-corrected chi connectivity index (χ2v) is 11.3. The molecule has 0 spiro atoms. The van der Waals surface area contributed by atoms with E-state index in [4.69, 9.17) is 27.9 Å². The number of sulfonamides is 1. The molecule has 0 bridgehead atoms. The van der Waals surface area contributed by atoms with Gasteiger partial charge in [-0.15, -0.1) is 0 Å². The molecule has 0 fully saturated rings. The molecule has 0 aliphatic heterocycles. The van der Waals surface area contributed by atoms with Gasteiger partial charge >= 0.3 is 0 Å². The van der Waals surface area contributed by atoms with Crippen molar-refractivity contribution in [3.8, 4) is 5.75 Å². The van der Waals surface area contributed by atoms with Crippen molar-refractivity contribution in [2.75, 3.05) is 30.8 Å². The largest absolute Gasteiger partial charge is 0.495 e. The molecule has 2 aromatic carbocycles. The first-order valence-electron chi connectivity index (χ1n) is 12.1. The number of carbonyl (C=O) groups is 2. The molecule has 8 nitrogen and oxygen atoms in total. The van der Waals surface area contributed by atoms with Gasteiger partial charge in [-0.2, -0.15) is 0 Å². The van der Waals surface area contributed by atoms with Crippen molar-refractivity contribution in [2.24, 2.45) is 0 Å². The van der Waals surface area contributed by atoms with Crippen molar-refractivity contribution >= 4 is 50.7 Å². The number of halogens is 2. The van der Waals surface area contributed by atoms with Gasteiger partial charge in [-0.25, -0.2) is 8.42 Å². The van der Waals surface area contributed by atoms with Gasteiger partial charge in [-0.1, -0.05) is 55.2 Å². The van der Waals surface area contributed by atoms with Gasteiger partial charge in [-0.3, -0.25) is 13.9 Å². The number of methoxy groups -OCH3 is 1. The van der Waals surface area contributed by atoms with Crippen LogP contribution < -0.4 is 14.4 Å². The highest BCUT2D eigenvalue weighted by molar-refractivity contribution is 7.92. The van der Waals surface area contributed by atoms with Crippen LogP contribution in [0.2, 0.25) is 10.0 Å². The summed E-state index contributed by atoms with van der Waals surface area (Å²) in [4.78, 5) is 27.9. The molecule has 1 atom stereocenters. The highest BCUT2D eigenvalue weighted by atomic mass is 35.5. The van der Waals surface area contributed by atoms with E-state index in [-0.39, 0.29) is 37.7 Å². The molecule has 1 N–H and O–H groups in total. The van der Waals surface area contributed by atoms with E-state index in [1.165, 1.54) is 16.3 Å². The molecular formula is C26H35Cl2N3O5S. The molecule has 37 heavy (non-hydrogen) atoms. The summed E-state index contributed by atoms with van der Waals surface area (Å²) in [6.45, 7) is 4.54. The van der Waals surface area contributed by atoms with Gasteiger partial charge in [0.25, 0.3) is 0 Å². The minimum atomic E-state index is -3.63. The van der Waals surface area contributed by atoms with Gasteiger partial charge in [-0.05, 0) is 49.1 Å². The summed E-state index contributed by atoms with van der Waals surface area (Å²) >= 11 is 12.2. The SMILES string of the molecule is CCCNC(=O)[C@@H](CC)N(Cc1ccc(Cl)c(Cl)c1)C(=O)CCCN(c1ccccc1OC)S(C)(=O)=O. The third-order valence-corrected chi connectivity index (χ3v) is 7.70. The first-order valence-corrected chi connectivity index (χ1v) is 14.8. The summed E-state index contributed by atoms with van der Waals surface area (Å²) in [6, 6.07) is 11.2. The number of rotatable bonds is 14. The summed E-state index contributed by atoms with van der Waals surface area (Å²) in [5.74, 6) is -0.0817. The van der Waals surface area contributed by atoms with Crippen LogP contribution in [0.1, 0.15) is 45.1 Å². The Morgan fingerprint density at radius 1 is 1.08 bits per heavy atom. The van der Waals surface area contributed by atoms with Crippen LogP contribution >= 0.6 is 23.2 Å². The molecule has 2 rings (SSSR count). The van der Waals surface area contributed by atoms with Crippen molar-refractivity contribution in [1.82, 2.24) is 10.2 Å². The number of carbonyl (C=O) groups excluding carboxylic acids is 2. The quantitative estimate of drug-likeness (QED) is 0.348. The third kappa shape index (κ3) is 8.79. The molecular weight excluding hydrogens is 537 g/mol. The van der Waals surface area contributed by atoms with E-state index in [9.17, 15) is 18.0 Å². The van der Waals surface area contributed by atoms with Gasteiger partial charge in [0.1, 0.15) is 11.8 Å². The van der Waals surface area contributed by atoms with Gasteiger partial charge in [0.05, 0.1) is 29.1 Å². The lowest BCUT2D eigenvalue weighted by Gasteiger charge is -2.31. The number of hydrogen-bond donors (Lipinski definition) is 1. The van der Waals surface area contributed by atoms with Crippen LogP contribution in [0.25, 0.3) is 0 Å². The summed E-state index contributed by atoms with van der Waals surface area (Å²) in [7, 11) is -2.16. The highest BCUT2D eigenvalue weighted by Gasteiger charge is 2.29. The predicted octanol–water partition coefficient (Wildman–Crippen LogP) is 4.88. The fourth-order valence-corrected chi connectivity index (χ4v) is 5.23. The monoisotopic (exact) mass is 571 g/mol. The number of benzene rings is 2. The van der Waals surface area contributed by atoms with E-state index in [2.05, 4.69) is 5.32 Å². The smallest absolute Gasteiger partial charge is 0.242 e. The first kappa shape index (κ1) is 30.7. The van der Waals surface area contributed by atoms with Crippen molar-refractivity contribution in [2.45, 2.75) is 52.1 Å². The molecule has 11 heteroatoms. The molecule has 0 saturated heterocycles. The normalized spacial score (nSPS) is 12.1. The first-order chi connectivity index (χ1) is 17.5. The molecule has 2 aromatic rings. The molecule has 0 unspecified atom stereocenters. The Balaban J connectivity index is 2.26. The zero-order chi connectivity index (χ0) is 27.6. The fourth-order valence-electron chi connectivity index (χ4n) is 3.94. The lowest BCUT2D eigenvalue weighted by atomic mass is 10.1. The van der Waals surface area contributed by atoms with Gasteiger partial charge in [0, 0.05) is 26.1 Å². The van der Waals surface area contributed by atoms with Gasteiger partial charge in [0.2, 0.25) is 21.8 Å². The number of para-hydroxylation sites is 2. The Bertz CT molecular complexity index is 1180. The van der Waals surface area contributed by atoms with Crippen LogP contribution in [0.15, 0.2) is 42.5 Å². The number of nitrogens with zero attached hydrogens (tertiary/aromatic N) is 2. The minimum Gasteiger partial charge on any atom is -0.495 e. The predicted molar refractivity (Wildman–Crippen MR) is 149 cm³/mol. The van der Waals surface area contributed by atoms with Crippen molar-refractivity contribution in [3.63, 3.8) is 0 Å². The number of hydrogen-bond acceptors (Lipinski definition) is 5. The van der Waals surface area contributed by atoms with E-state index < -0.39 is 16.1 Å². The Labute approximate surface area is 229 Å². The average molecular weight is 573 g/mol. The van der Waals surface area contributed by atoms with Crippen LogP contribution in [0.3, 0.4) is 0 Å². The van der Waals surface area contributed by atoms with E-state index in [1.807, 2.05) is 13.8 Å². The maximum Gasteiger partial charge on any atom is 0.242 e. The molecule has 204 valence electrons. The Kier molecular flexibility index (Phi) is 12.0. The summed E-state index contributed by atoms with van der Waals surface area (Å²) < 4.78 is 31.7. The van der Waals surface area contributed by atoms with Gasteiger partial charge < -0.3 is 15.0 Å². The molecule has 0 radical (unpaired) electrons. The summed E-state index contributed by atoms with van der Waals surface area (Å²) in [6.07, 6.45) is 2.59. The maximum atomic E-state index is 13.5.